The number of nitrogens with one attached hydrogen (secondary N) is 1. The van der Waals surface area contributed by atoms with Crippen molar-refractivity contribution in [2.45, 2.75) is 33.1 Å². The molecule has 0 aliphatic carbocycles. The normalized spacial score (nSPS) is 12.0. The second-order valence-corrected chi connectivity index (χ2v) is 7.59. The number of benzene rings is 1. The van der Waals surface area contributed by atoms with Gasteiger partial charge in [0.05, 0.1) is 18.0 Å². The Morgan fingerprint density at radius 1 is 1.17 bits per heavy atom. The molecular weight excluding hydrogens is 394 g/mol. The maximum atomic E-state index is 12.7. The van der Waals surface area contributed by atoms with Gasteiger partial charge in [-0.05, 0) is 25.1 Å². The first kappa shape index (κ1) is 20.8. The van der Waals surface area contributed by atoms with E-state index in [1.54, 1.807) is 24.3 Å². The van der Waals surface area contributed by atoms with Crippen molar-refractivity contribution in [1.29, 1.82) is 0 Å². The second kappa shape index (κ2) is 9.02. The lowest BCUT2D eigenvalue weighted by Gasteiger charge is -2.11. The molecular formula is C21H21NO6S. The Hall–Kier alpha value is -2.97. The van der Waals surface area contributed by atoms with Crippen LogP contribution in [0.3, 0.4) is 0 Å². The van der Waals surface area contributed by atoms with Crippen LogP contribution in [0.2, 0.25) is 0 Å². The molecule has 8 heteroatoms. The third kappa shape index (κ3) is 4.72. The van der Waals surface area contributed by atoms with Crippen LogP contribution in [0.5, 0.6) is 0 Å². The molecule has 1 amide bonds. The fourth-order valence-corrected chi connectivity index (χ4v) is 3.80. The number of carbonyl (C=O) groups excluding carboxylic acids is 3. The third-order valence-corrected chi connectivity index (χ3v) is 5.34. The van der Waals surface area contributed by atoms with Crippen molar-refractivity contribution in [2.75, 3.05) is 7.11 Å². The van der Waals surface area contributed by atoms with Crippen LogP contribution in [0.25, 0.3) is 11.0 Å². The Balaban J connectivity index is 1.73. The van der Waals surface area contributed by atoms with E-state index in [9.17, 15) is 14.4 Å². The number of thiophene rings is 1. The first-order chi connectivity index (χ1) is 13.9. The number of ether oxygens (including phenoxy) is 2. The van der Waals surface area contributed by atoms with E-state index in [4.69, 9.17) is 13.9 Å². The molecule has 1 atom stereocenters. The predicted octanol–water partition coefficient (Wildman–Crippen LogP) is 3.71. The molecule has 0 bridgehead atoms. The Bertz CT molecular complexity index is 1050. The van der Waals surface area contributed by atoms with Crippen molar-refractivity contribution in [1.82, 2.24) is 5.32 Å². The van der Waals surface area contributed by atoms with Crippen LogP contribution >= 0.6 is 11.3 Å². The van der Waals surface area contributed by atoms with Gasteiger partial charge in [0.2, 0.25) is 17.5 Å². The second-order valence-electron chi connectivity index (χ2n) is 6.43. The molecule has 0 radical (unpaired) electrons. The van der Waals surface area contributed by atoms with Crippen LogP contribution in [-0.4, -0.2) is 30.9 Å². The van der Waals surface area contributed by atoms with Gasteiger partial charge in [-0.1, -0.05) is 18.2 Å². The number of hydrogen-bond acceptors (Lipinski definition) is 7. The lowest BCUT2D eigenvalue weighted by molar-refractivity contribution is -0.119. The molecule has 152 valence electrons. The molecule has 3 rings (SSSR count). The zero-order valence-electron chi connectivity index (χ0n) is 16.3. The molecule has 0 aliphatic rings. The highest BCUT2D eigenvalue weighted by molar-refractivity contribution is 7.14. The molecule has 3 aromatic rings. The Morgan fingerprint density at radius 2 is 1.93 bits per heavy atom. The molecule has 0 saturated heterocycles. The van der Waals surface area contributed by atoms with Gasteiger partial charge in [0.1, 0.15) is 5.58 Å². The van der Waals surface area contributed by atoms with Gasteiger partial charge in [-0.15, -0.1) is 11.3 Å². The highest BCUT2D eigenvalue weighted by Gasteiger charge is 2.27. The van der Waals surface area contributed by atoms with E-state index >= 15 is 0 Å². The number of carbonyl (C=O) groups is 3. The molecule has 7 nitrogen and oxygen atoms in total. The van der Waals surface area contributed by atoms with Gasteiger partial charge >= 0.3 is 5.97 Å². The molecule has 0 spiro atoms. The zero-order chi connectivity index (χ0) is 21.0. The minimum Gasteiger partial charge on any atom is -0.449 e. The number of hydrogen-bond donors (Lipinski definition) is 1. The van der Waals surface area contributed by atoms with Gasteiger partial charge in [-0.3, -0.25) is 9.59 Å². The largest absolute Gasteiger partial charge is 0.449 e. The van der Waals surface area contributed by atoms with Gasteiger partial charge in [0.25, 0.3) is 0 Å². The van der Waals surface area contributed by atoms with Gasteiger partial charge in [-0.2, -0.15) is 0 Å². The minimum absolute atomic E-state index is 0.0326. The number of amides is 1. The number of ketones is 1. The summed E-state index contributed by atoms with van der Waals surface area (Å²) in [5, 5.41) is 3.44. The topological polar surface area (TPSA) is 94.8 Å². The number of para-hydroxylation sites is 1. The average Bonchev–Trinajstić information content (AvgIpc) is 3.31. The Kier molecular flexibility index (Phi) is 6.46. The molecule has 1 aromatic carbocycles. The highest BCUT2D eigenvalue weighted by Crippen LogP contribution is 2.28. The summed E-state index contributed by atoms with van der Waals surface area (Å²) in [6.07, 6.45) is -0.988. The molecule has 0 fully saturated rings. The summed E-state index contributed by atoms with van der Waals surface area (Å²) in [4.78, 5) is 37.6. The van der Waals surface area contributed by atoms with E-state index in [1.807, 2.05) is 12.1 Å². The van der Waals surface area contributed by atoms with Crippen molar-refractivity contribution in [2.24, 2.45) is 0 Å². The first-order valence-corrected chi connectivity index (χ1v) is 9.80. The molecule has 2 aromatic heterocycles. The summed E-state index contributed by atoms with van der Waals surface area (Å²) in [5.74, 6) is -1.15. The van der Waals surface area contributed by atoms with E-state index in [-0.39, 0.29) is 24.1 Å². The van der Waals surface area contributed by atoms with E-state index in [2.05, 4.69) is 5.32 Å². The van der Waals surface area contributed by atoms with Crippen LogP contribution in [0.15, 0.2) is 40.8 Å². The van der Waals surface area contributed by atoms with E-state index in [0.717, 1.165) is 10.3 Å². The smallest absolute Gasteiger partial charge is 0.375 e. The SMILES string of the molecule is COCc1c(C(=O)OC(C)C(=O)c2ccc(CNC(C)=O)s2)oc2ccccc12. The summed E-state index contributed by atoms with van der Waals surface area (Å²) in [7, 11) is 1.53. The predicted molar refractivity (Wildman–Crippen MR) is 108 cm³/mol. The number of fused-ring (bicyclic) bond motifs is 1. The van der Waals surface area contributed by atoms with Crippen LogP contribution in [0.1, 0.15) is 44.5 Å². The fourth-order valence-electron chi connectivity index (χ4n) is 2.84. The number of rotatable bonds is 8. The van der Waals surface area contributed by atoms with Crippen molar-refractivity contribution in [3.63, 3.8) is 0 Å². The summed E-state index contributed by atoms with van der Waals surface area (Å²) in [6, 6.07) is 10.7. The molecule has 0 aliphatic heterocycles. The Labute approximate surface area is 171 Å². The zero-order valence-corrected chi connectivity index (χ0v) is 17.1. The monoisotopic (exact) mass is 415 g/mol. The quantitative estimate of drug-likeness (QED) is 0.445. The first-order valence-electron chi connectivity index (χ1n) is 8.98. The van der Waals surface area contributed by atoms with Crippen molar-refractivity contribution in [3.05, 3.63) is 57.5 Å². The third-order valence-electron chi connectivity index (χ3n) is 4.24. The van der Waals surface area contributed by atoms with Gasteiger partial charge < -0.3 is 19.2 Å². The van der Waals surface area contributed by atoms with Crippen LogP contribution < -0.4 is 5.32 Å². The molecule has 1 N–H and O–H groups in total. The molecule has 2 heterocycles. The number of esters is 1. The van der Waals surface area contributed by atoms with E-state index in [0.29, 0.717) is 22.6 Å². The Morgan fingerprint density at radius 3 is 2.66 bits per heavy atom. The summed E-state index contributed by atoms with van der Waals surface area (Å²) in [6.45, 7) is 3.48. The summed E-state index contributed by atoms with van der Waals surface area (Å²) < 4.78 is 16.2. The average molecular weight is 415 g/mol. The standard InChI is InChI=1S/C21H21NO6S/c1-12(19(24)18-9-8-14(29-18)10-22-13(2)23)27-21(25)20-16(11-26-3)15-6-4-5-7-17(15)28-20/h4-9,12H,10-11H2,1-3H3,(H,22,23). The number of furan rings is 1. The van der Waals surface area contributed by atoms with Crippen LogP contribution in [0, 0.1) is 0 Å². The fraction of sp³-hybridized carbons (Fsp3) is 0.286. The summed E-state index contributed by atoms with van der Waals surface area (Å²) >= 11 is 1.25. The van der Waals surface area contributed by atoms with Crippen LogP contribution in [0.4, 0.5) is 0 Å². The molecule has 1 unspecified atom stereocenters. The van der Waals surface area contributed by atoms with Gasteiger partial charge in [-0.25, -0.2) is 4.79 Å². The van der Waals surface area contributed by atoms with Gasteiger partial charge in [0, 0.05) is 29.9 Å². The lowest BCUT2D eigenvalue weighted by atomic mass is 10.1. The maximum absolute atomic E-state index is 12.7. The molecule has 0 saturated carbocycles. The van der Waals surface area contributed by atoms with Crippen molar-refractivity contribution >= 4 is 40.0 Å². The van der Waals surface area contributed by atoms with Crippen LogP contribution in [-0.2, 0) is 27.4 Å². The van der Waals surface area contributed by atoms with Crippen molar-refractivity contribution in [3.8, 4) is 0 Å². The number of methoxy groups -OCH3 is 1. The van der Waals surface area contributed by atoms with Gasteiger partial charge in [0.15, 0.2) is 6.10 Å². The van der Waals surface area contributed by atoms with E-state index in [1.165, 1.54) is 32.3 Å². The lowest BCUT2D eigenvalue weighted by Crippen LogP contribution is -2.24. The summed E-state index contributed by atoms with van der Waals surface area (Å²) in [5.41, 5.74) is 1.13. The minimum atomic E-state index is -0.988. The van der Waals surface area contributed by atoms with E-state index < -0.39 is 12.1 Å². The maximum Gasteiger partial charge on any atom is 0.375 e. The highest BCUT2D eigenvalue weighted by atomic mass is 32.1. The van der Waals surface area contributed by atoms with Crippen molar-refractivity contribution < 1.29 is 28.3 Å². The number of Topliss-reactive ketones (excluding diaryl/α,β-unsaturated/α-hetero) is 1. The molecule has 29 heavy (non-hydrogen) atoms.